The molecule has 0 spiro atoms. The third-order valence-electron chi connectivity index (χ3n) is 4.46. The molecule has 1 amide bonds. The number of nitrogens with zero attached hydrogens (tertiary/aromatic N) is 2. The topological polar surface area (TPSA) is 67.6 Å². The molecule has 1 atom stereocenters. The SMILES string of the molecule is C[C@@H](CCC(=O)NCCc1nc2ccccc2o1)N1CCOCC1. The molecular weight excluding hydrogens is 306 g/mol. The first kappa shape index (κ1) is 16.9. The molecule has 0 aliphatic carbocycles. The summed E-state index contributed by atoms with van der Waals surface area (Å²) >= 11 is 0. The lowest BCUT2D eigenvalue weighted by atomic mass is 10.1. The number of benzene rings is 1. The van der Waals surface area contributed by atoms with E-state index in [0.29, 0.717) is 31.3 Å². The number of oxazole rings is 1. The number of amides is 1. The maximum atomic E-state index is 12.0. The number of aromatic nitrogens is 1. The van der Waals surface area contributed by atoms with Crippen LogP contribution in [-0.2, 0) is 16.0 Å². The van der Waals surface area contributed by atoms with Crippen LogP contribution >= 0.6 is 0 Å². The molecule has 1 fully saturated rings. The summed E-state index contributed by atoms with van der Waals surface area (Å²) in [5.74, 6) is 0.754. The Morgan fingerprint density at radius 3 is 2.92 bits per heavy atom. The Balaban J connectivity index is 1.36. The van der Waals surface area contributed by atoms with Crippen molar-refractivity contribution >= 4 is 17.0 Å². The number of morpholine rings is 1. The van der Waals surface area contributed by atoms with Gasteiger partial charge < -0.3 is 14.5 Å². The molecule has 1 aromatic carbocycles. The number of ether oxygens (including phenoxy) is 1. The van der Waals surface area contributed by atoms with E-state index in [9.17, 15) is 4.79 Å². The minimum atomic E-state index is 0.0891. The molecule has 0 saturated carbocycles. The molecule has 2 aromatic rings. The van der Waals surface area contributed by atoms with Crippen LogP contribution in [0.3, 0.4) is 0 Å². The minimum absolute atomic E-state index is 0.0891. The highest BCUT2D eigenvalue weighted by atomic mass is 16.5. The molecule has 0 unspecified atom stereocenters. The number of fused-ring (bicyclic) bond motifs is 1. The van der Waals surface area contributed by atoms with Gasteiger partial charge in [0.05, 0.1) is 13.2 Å². The van der Waals surface area contributed by atoms with Gasteiger partial charge in [0.15, 0.2) is 11.5 Å². The molecule has 1 aromatic heterocycles. The second-order valence-corrected chi connectivity index (χ2v) is 6.21. The van der Waals surface area contributed by atoms with Gasteiger partial charge in [-0.05, 0) is 25.5 Å². The average Bonchev–Trinajstić information content (AvgIpc) is 3.03. The van der Waals surface area contributed by atoms with Gasteiger partial charge in [0, 0.05) is 38.5 Å². The van der Waals surface area contributed by atoms with Crippen molar-refractivity contribution in [3.05, 3.63) is 30.2 Å². The molecule has 3 rings (SSSR count). The first-order valence-corrected chi connectivity index (χ1v) is 8.65. The Morgan fingerprint density at radius 1 is 1.33 bits per heavy atom. The second-order valence-electron chi connectivity index (χ2n) is 6.21. The van der Waals surface area contributed by atoms with Gasteiger partial charge in [-0.25, -0.2) is 4.98 Å². The Bertz CT molecular complexity index is 631. The fraction of sp³-hybridized carbons (Fsp3) is 0.556. The molecule has 0 bridgehead atoms. The largest absolute Gasteiger partial charge is 0.441 e. The van der Waals surface area contributed by atoms with E-state index in [0.717, 1.165) is 43.8 Å². The number of para-hydroxylation sites is 2. The van der Waals surface area contributed by atoms with E-state index >= 15 is 0 Å². The van der Waals surface area contributed by atoms with Crippen LogP contribution < -0.4 is 5.32 Å². The van der Waals surface area contributed by atoms with Gasteiger partial charge in [0.25, 0.3) is 0 Å². The van der Waals surface area contributed by atoms with Crippen LogP contribution in [-0.4, -0.2) is 54.7 Å². The number of rotatable bonds is 7. The smallest absolute Gasteiger partial charge is 0.220 e. The third kappa shape index (κ3) is 4.55. The Labute approximate surface area is 142 Å². The second kappa shape index (κ2) is 8.26. The van der Waals surface area contributed by atoms with Crippen LogP contribution in [0.1, 0.15) is 25.7 Å². The molecule has 130 valence electrons. The van der Waals surface area contributed by atoms with E-state index in [2.05, 4.69) is 22.1 Å². The summed E-state index contributed by atoms with van der Waals surface area (Å²) in [7, 11) is 0. The zero-order chi connectivity index (χ0) is 16.8. The van der Waals surface area contributed by atoms with Gasteiger partial charge in [-0.1, -0.05) is 12.1 Å². The van der Waals surface area contributed by atoms with Crippen LogP contribution in [0.2, 0.25) is 0 Å². The van der Waals surface area contributed by atoms with E-state index in [1.54, 1.807) is 0 Å². The van der Waals surface area contributed by atoms with Crippen molar-refractivity contribution in [1.82, 2.24) is 15.2 Å². The maximum absolute atomic E-state index is 12.0. The monoisotopic (exact) mass is 331 g/mol. The molecule has 1 N–H and O–H groups in total. The predicted octanol–water partition coefficient (Wildman–Crippen LogP) is 1.99. The van der Waals surface area contributed by atoms with Gasteiger partial charge in [-0.15, -0.1) is 0 Å². The summed E-state index contributed by atoms with van der Waals surface area (Å²) in [6.07, 6.45) is 2.03. The number of hydrogen-bond acceptors (Lipinski definition) is 5. The van der Waals surface area contributed by atoms with Crippen molar-refractivity contribution < 1.29 is 13.9 Å². The summed E-state index contributed by atoms with van der Waals surface area (Å²) in [6.45, 7) is 6.23. The van der Waals surface area contributed by atoms with Gasteiger partial charge >= 0.3 is 0 Å². The molecule has 1 aliphatic rings. The van der Waals surface area contributed by atoms with Crippen LogP contribution in [0.15, 0.2) is 28.7 Å². The van der Waals surface area contributed by atoms with Crippen molar-refractivity contribution in [2.24, 2.45) is 0 Å². The first-order chi connectivity index (χ1) is 11.7. The lowest BCUT2D eigenvalue weighted by molar-refractivity contribution is -0.121. The number of carbonyl (C=O) groups excluding carboxylic acids is 1. The molecule has 24 heavy (non-hydrogen) atoms. The Hall–Kier alpha value is -1.92. The summed E-state index contributed by atoms with van der Waals surface area (Å²) in [5, 5.41) is 2.95. The van der Waals surface area contributed by atoms with Gasteiger partial charge in [0.2, 0.25) is 5.91 Å². The highest BCUT2D eigenvalue weighted by Gasteiger charge is 2.17. The van der Waals surface area contributed by atoms with E-state index < -0.39 is 0 Å². The maximum Gasteiger partial charge on any atom is 0.220 e. The quantitative estimate of drug-likeness (QED) is 0.840. The summed E-state index contributed by atoms with van der Waals surface area (Å²) in [4.78, 5) is 18.8. The summed E-state index contributed by atoms with van der Waals surface area (Å²) in [5.41, 5.74) is 1.65. The van der Waals surface area contributed by atoms with Crippen LogP contribution in [0.5, 0.6) is 0 Å². The molecule has 1 saturated heterocycles. The van der Waals surface area contributed by atoms with E-state index in [1.165, 1.54) is 0 Å². The van der Waals surface area contributed by atoms with Crippen molar-refractivity contribution in [2.45, 2.75) is 32.2 Å². The van der Waals surface area contributed by atoms with Crippen molar-refractivity contribution in [2.75, 3.05) is 32.8 Å². The van der Waals surface area contributed by atoms with Crippen molar-refractivity contribution in [1.29, 1.82) is 0 Å². The fourth-order valence-corrected chi connectivity index (χ4v) is 2.96. The number of nitrogens with one attached hydrogen (secondary N) is 1. The van der Waals surface area contributed by atoms with Gasteiger partial charge in [-0.2, -0.15) is 0 Å². The van der Waals surface area contributed by atoms with E-state index in [1.807, 2.05) is 24.3 Å². The minimum Gasteiger partial charge on any atom is -0.441 e. The van der Waals surface area contributed by atoms with Crippen LogP contribution in [0.25, 0.3) is 11.1 Å². The van der Waals surface area contributed by atoms with Gasteiger partial charge in [0.1, 0.15) is 5.52 Å². The Kier molecular flexibility index (Phi) is 5.82. The zero-order valence-electron chi connectivity index (χ0n) is 14.2. The highest BCUT2D eigenvalue weighted by molar-refractivity contribution is 5.76. The normalized spacial score (nSPS) is 17.0. The average molecular weight is 331 g/mol. The number of hydrogen-bond donors (Lipinski definition) is 1. The molecule has 6 heteroatoms. The lowest BCUT2D eigenvalue weighted by Gasteiger charge is -2.32. The van der Waals surface area contributed by atoms with E-state index in [4.69, 9.17) is 9.15 Å². The molecule has 6 nitrogen and oxygen atoms in total. The molecule has 2 heterocycles. The summed E-state index contributed by atoms with van der Waals surface area (Å²) < 4.78 is 11.0. The van der Waals surface area contributed by atoms with Crippen LogP contribution in [0.4, 0.5) is 0 Å². The van der Waals surface area contributed by atoms with Crippen molar-refractivity contribution in [3.8, 4) is 0 Å². The van der Waals surface area contributed by atoms with Crippen LogP contribution in [0, 0.1) is 0 Å². The van der Waals surface area contributed by atoms with Gasteiger partial charge in [-0.3, -0.25) is 9.69 Å². The standard InChI is InChI=1S/C18H25N3O3/c1-14(21-10-12-23-13-11-21)6-7-17(22)19-9-8-18-20-15-4-2-3-5-16(15)24-18/h2-5,14H,6-13H2,1H3,(H,19,22)/t14-/m0/s1. The third-order valence-corrected chi connectivity index (χ3v) is 4.46. The highest BCUT2D eigenvalue weighted by Crippen LogP contribution is 2.14. The predicted molar refractivity (Wildman–Crippen MR) is 91.8 cm³/mol. The lowest BCUT2D eigenvalue weighted by Crippen LogP contribution is -2.42. The fourth-order valence-electron chi connectivity index (χ4n) is 2.96. The zero-order valence-corrected chi connectivity index (χ0v) is 14.2. The first-order valence-electron chi connectivity index (χ1n) is 8.65. The van der Waals surface area contributed by atoms with E-state index in [-0.39, 0.29) is 5.91 Å². The van der Waals surface area contributed by atoms with Crippen molar-refractivity contribution in [3.63, 3.8) is 0 Å². The molecule has 1 aliphatic heterocycles. The summed E-state index contributed by atoms with van der Waals surface area (Å²) in [6, 6.07) is 8.10. The Morgan fingerprint density at radius 2 is 2.12 bits per heavy atom. The molecule has 0 radical (unpaired) electrons. The number of carbonyl (C=O) groups is 1. The molecular formula is C18H25N3O3.